The van der Waals surface area contributed by atoms with Crippen LogP contribution in [-0.4, -0.2) is 39.9 Å². The van der Waals surface area contributed by atoms with E-state index in [-0.39, 0.29) is 36.8 Å². The predicted molar refractivity (Wildman–Crippen MR) is 113 cm³/mol. The average Bonchev–Trinajstić information content (AvgIpc) is 2.68. The second-order valence-corrected chi connectivity index (χ2v) is 6.44. The summed E-state index contributed by atoms with van der Waals surface area (Å²) in [5.41, 5.74) is 9.16. The molecule has 1 aromatic carbocycles. The van der Waals surface area contributed by atoms with Crippen LogP contribution in [0, 0.1) is 0 Å². The fourth-order valence-corrected chi connectivity index (χ4v) is 3.29. The molecule has 1 aliphatic heterocycles. The van der Waals surface area contributed by atoms with Crippen molar-refractivity contribution in [2.75, 3.05) is 13.1 Å². The van der Waals surface area contributed by atoms with Crippen LogP contribution in [0.5, 0.6) is 0 Å². The molecule has 3 aromatic rings. The smallest absolute Gasteiger partial charge is 0.254 e. The van der Waals surface area contributed by atoms with E-state index in [9.17, 15) is 4.79 Å². The van der Waals surface area contributed by atoms with Crippen LogP contribution in [-0.2, 0) is 0 Å². The number of hydrogen-bond acceptors (Lipinski definition) is 4. The molecule has 0 aliphatic carbocycles. The number of nitrogens with zero attached hydrogens (tertiary/aromatic N) is 3. The number of carbonyl (C=O) groups is 1. The summed E-state index contributed by atoms with van der Waals surface area (Å²) in [7, 11) is 0. The van der Waals surface area contributed by atoms with Gasteiger partial charge < -0.3 is 10.6 Å². The summed E-state index contributed by atoms with van der Waals surface area (Å²) >= 11 is 0. The maximum absolute atomic E-state index is 13.1. The first kappa shape index (κ1) is 21.1. The normalized spacial score (nSPS) is 14.3. The third-order valence-corrected chi connectivity index (χ3v) is 4.73. The van der Waals surface area contributed by atoms with Gasteiger partial charge in [-0.3, -0.25) is 9.78 Å². The zero-order chi connectivity index (χ0) is 17.2. The Morgan fingerprint density at radius 3 is 2.52 bits per heavy atom. The number of rotatable bonds is 2. The van der Waals surface area contributed by atoms with Crippen molar-refractivity contribution in [3.63, 3.8) is 0 Å². The molecule has 4 rings (SSSR count). The summed E-state index contributed by atoms with van der Waals surface area (Å²) in [5, 5.41) is 0.884. The summed E-state index contributed by atoms with van der Waals surface area (Å²) in [4.78, 5) is 23.9. The first-order chi connectivity index (χ1) is 12.2. The highest BCUT2D eigenvalue weighted by Crippen LogP contribution is 2.26. The van der Waals surface area contributed by atoms with Gasteiger partial charge in [-0.1, -0.05) is 18.2 Å². The minimum atomic E-state index is 0. The predicted octanol–water partition coefficient (Wildman–Crippen LogP) is 3.70. The molecule has 3 heterocycles. The van der Waals surface area contributed by atoms with Crippen molar-refractivity contribution in [2.45, 2.75) is 18.9 Å². The van der Waals surface area contributed by atoms with Crippen LogP contribution in [0.3, 0.4) is 0 Å². The van der Waals surface area contributed by atoms with Gasteiger partial charge in [-0.05, 0) is 37.1 Å². The van der Waals surface area contributed by atoms with Crippen molar-refractivity contribution in [3.05, 3.63) is 60.4 Å². The summed E-state index contributed by atoms with van der Waals surface area (Å²) in [5.74, 6) is 0.0515. The Morgan fingerprint density at radius 1 is 1.07 bits per heavy atom. The molecule has 2 aromatic heterocycles. The number of para-hydroxylation sites is 1. The molecule has 0 radical (unpaired) electrons. The fourth-order valence-electron chi connectivity index (χ4n) is 3.29. The number of nitrogens with two attached hydrogens (primary N) is 1. The van der Waals surface area contributed by atoms with Crippen molar-refractivity contribution >= 4 is 41.6 Å². The minimum absolute atomic E-state index is 0. The fraction of sp³-hybridized carbons (Fsp3) is 0.250. The molecular formula is C20H22Cl2N4O. The van der Waals surface area contributed by atoms with Crippen LogP contribution >= 0.6 is 24.8 Å². The van der Waals surface area contributed by atoms with Crippen LogP contribution in [0.25, 0.3) is 22.2 Å². The molecule has 5 nitrogen and oxygen atoms in total. The average molecular weight is 405 g/mol. The summed E-state index contributed by atoms with van der Waals surface area (Å²) < 4.78 is 0. The van der Waals surface area contributed by atoms with Crippen molar-refractivity contribution in [1.82, 2.24) is 14.9 Å². The van der Waals surface area contributed by atoms with Crippen LogP contribution in [0.15, 0.2) is 54.9 Å². The number of pyridine rings is 2. The van der Waals surface area contributed by atoms with Gasteiger partial charge >= 0.3 is 0 Å². The monoisotopic (exact) mass is 404 g/mol. The molecule has 1 aliphatic rings. The van der Waals surface area contributed by atoms with E-state index in [1.54, 1.807) is 12.4 Å². The van der Waals surface area contributed by atoms with Crippen LogP contribution in [0.4, 0.5) is 0 Å². The molecule has 0 bridgehead atoms. The van der Waals surface area contributed by atoms with E-state index in [0.29, 0.717) is 18.7 Å². The Labute approximate surface area is 170 Å². The van der Waals surface area contributed by atoms with E-state index in [0.717, 1.165) is 35.0 Å². The van der Waals surface area contributed by atoms with E-state index >= 15 is 0 Å². The van der Waals surface area contributed by atoms with E-state index in [2.05, 4.69) is 4.98 Å². The number of benzene rings is 1. The first-order valence-corrected chi connectivity index (χ1v) is 8.57. The van der Waals surface area contributed by atoms with E-state index in [1.807, 2.05) is 47.4 Å². The Morgan fingerprint density at radius 2 is 1.81 bits per heavy atom. The summed E-state index contributed by atoms with van der Waals surface area (Å²) in [6, 6.07) is 13.7. The molecule has 142 valence electrons. The Bertz CT molecular complexity index is 912. The largest absolute Gasteiger partial charge is 0.339 e. The number of hydrogen-bond donors (Lipinski definition) is 1. The Kier molecular flexibility index (Phi) is 7.13. The number of piperidine rings is 1. The second kappa shape index (κ2) is 9.13. The van der Waals surface area contributed by atoms with Crippen molar-refractivity contribution in [2.24, 2.45) is 5.73 Å². The molecule has 0 saturated carbocycles. The lowest BCUT2D eigenvalue weighted by Crippen LogP contribution is -2.42. The van der Waals surface area contributed by atoms with Crippen LogP contribution < -0.4 is 5.73 Å². The minimum Gasteiger partial charge on any atom is -0.339 e. The van der Waals surface area contributed by atoms with Crippen molar-refractivity contribution in [3.8, 4) is 11.3 Å². The quantitative estimate of drug-likeness (QED) is 0.706. The molecule has 1 amide bonds. The molecule has 27 heavy (non-hydrogen) atoms. The number of aromatic nitrogens is 2. The Balaban J connectivity index is 0.00000131. The highest BCUT2D eigenvalue weighted by molar-refractivity contribution is 6.07. The lowest BCUT2D eigenvalue weighted by atomic mass is 10.0. The standard InChI is InChI=1S/C20H20N4O.2ClH/c21-15-7-10-24(11-8-15)20(25)17-12-19(14-4-3-9-22-13-14)23-18-6-2-1-5-16(17)18;;/h1-6,9,12-13,15H,7-8,10-11,21H2;2*1H. The number of likely N-dealkylation sites (tertiary alicyclic amines) is 1. The number of carbonyl (C=O) groups excluding carboxylic acids is 1. The molecule has 7 heteroatoms. The van der Waals surface area contributed by atoms with Gasteiger partial charge in [0.1, 0.15) is 0 Å². The zero-order valence-electron chi connectivity index (χ0n) is 14.7. The third kappa shape index (κ3) is 4.38. The topological polar surface area (TPSA) is 72.1 Å². The highest BCUT2D eigenvalue weighted by Gasteiger charge is 2.23. The number of fused-ring (bicyclic) bond motifs is 1. The maximum Gasteiger partial charge on any atom is 0.254 e. The Hall–Kier alpha value is -2.21. The van der Waals surface area contributed by atoms with Crippen molar-refractivity contribution in [1.29, 1.82) is 0 Å². The SMILES string of the molecule is Cl.Cl.NC1CCN(C(=O)c2cc(-c3cccnc3)nc3ccccc23)CC1. The molecular weight excluding hydrogens is 383 g/mol. The second-order valence-electron chi connectivity index (χ2n) is 6.44. The molecule has 0 unspecified atom stereocenters. The molecule has 1 saturated heterocycles. The van der Waals surface area contributed by atoms with Crippen molar-refractivity contribution < 1.29 is 4.79 Å². The van der Waals surface area contributed by atoms with Gasteiger partial charge in [0.25, 0.3) is 5.91 Å². The van der Waals surface area contributed by atoms with E-state index in [4.69, 9.17) is 10.7 Å². The lowest BCUT2D eigenvalue weighted by Gasteiger charge is -2.30. The third-order valence-electron chi connectivity index (χ3n) is 4.73. The van der Waals surface area contributed by atoms with Gasteiger partial charge in [-0.2, -0.15) is 0 Å². The summed E-state index contributed by atoms with van der Waals surface area (Å²) in [6.45, 7) is 1.41. The number of amides is 1. The molecule has 1 fully saturated rings. The van der Waals surface area contributed by atoms with E-state index < -0.39 is 0 Å². The van der Waals surface area contributed by atoms with Gasteiger partial charge in [0.15, 0.2) is 0 Å². The van der Waals surface area contributed by atoms with E-state index in [1.165, 1.54) is 0 Å². The lowest BCUT2D eigenvalue weighted by molar-refractivity contribution is 0.0716. The first-order valence-electron chi connectivity index (χ1n) is 8.57. The maximum atomic E-state index is 13.1. The van der Waals surface area contributed by atoms with Gasteiger partial charge in [0.2, 0.25) is 0 Å². The van der Waals surface area contributed by atoms with Gasteiger partial charge in [0, 0.05) is 42.5 Å². The molecule has 2 N–H and O–H groups in total. The van der Waals surface area contributed by atoms with Gasteiger partial charge in [0.05, 0.1) is 16.8 Å². The van der Waals surface area contributed by atoms with Gasteiger partial charge in [-0.25, -0.2) is 4.98 Å². The van der Waals surface area contributed by atoms with Crippen LogP contribution in [0.2, 0.25) is 0 Å². The zero-order valence-corrected chi connectivity index (χ0v) is 16.4. The van der Waals surface area contributed by atoms with Crippen LogP contribution in [0.1, 0.15) is 23.2 Å². The highest BCUT2D eigenvalue weighted by atomic mass is 35.5. The number of halogens is 2. The molecule has 0 spiro atoms. The summed E-state index contributed by atoms with van der Waals surface area (Å²) in [6.07, 6.45) is 5.20. The molecule has 0 atom stereocenters. The van der Waals surface area contributed by atoms with Gasteiger partial charge in [-0.15, -0.1) is 24.8 Å².